The first kappa shape index (κ1) is 11.2. The van der Waals surface area contributed by atoms with E-state index >= 15 is 0 Å². The minimum absolute atomic E-state index is 0.0834. The molecule has 0 unspecified atom stereocenters. The molecule has 0 spiro atoms. The van der Waals surface area contributed by atoms with E-state index in [1.165, 1.54) is 0 Å². The Hall–Kier alpha value is -0.860. The predicted molar refractivity (Wildman–Crippen MR) is 54.9 cm³/mol. The smallest absolute Gasteiger partial charge is 0.225 e. The van der Waals surface area contributed by atoms with E-state index in [0.29, 0.717) is 18.6 Å². The lowest BCUT2D eigenvalue weighted by Crippen LogP contribution is -2.39. The van der Waals surface area contributed by atoms with E-state index in [1.54, 1.807) is 4.90 Å². The molecule has 1 rings (SSSR count). The summed E-state index contributed by atoms with van der Waals surface area (Å²) >= 11 is 0. The van der Waals surface area contributed by atoms with Gasteiger partial charge < -0.3 is 4.90 Å². The largest absolute Gasteiger partial charge is 0.343 e. The highest BCUT2D eigenvalue weighted by Crippen LogP contribution is 2.23. The number of amides is 1. The second-order valence-corrected chi connectivity index (χ2v) is 4.36. The summed E-state index contributed by atoms with van der Waals surface area (Å²) in [4.78, 5) is 24.6. The molecule has 1 fully saturated rings. The van der Waals surface area contributed by atoms with Gasteiger partial charge in [0.05, 0.1) is 0 Å². The topological polar surface area (TPSA) is 37.4 Å². The van der Waals surface area contributed by atoms with Crippen LogP contribution in [-0.2, 0) is 9.59 Å². The molecule has 3 heteroatoms. The molecule has 3 nitrogen and oxygen atoms in total. The molecular formula is C11H19NO2. The lowest BCUT2D eigenvalue weighted by Gasteiger charge is -2.28. The van der Waals surface area contributed by atoms with E-state index in [2.05, 4.69) is 0 Å². The zero-order valence-electron chi connectivity index (χ0n) is 9.25. The van der Waals surface area contributed by atoms with Crippen LogP contribution in [0.1, 0.15) is 39.5 Å². The van der Waals surface area contributed by atoms with Crippen molar-refractivity contribution in [2.45, 2.75) is 45.6 Å². The van der Waals surface area contributed by atoms with Crippen molar-refractivity contribution in [1.29, 1.82) is 0 Å². The molecule has 1 saturated carbocycles. The van der Waals surface area contributed by atoms with E-state index in [9.17, 15) is 9.59 Å². The molecule has 0 N–H and O–H groups in total. The van der Waals surface area contributed by atoms with Crippen molar-refractivity contribution in [3.05, 3.63) is 0 Å². The first-order valence-electron chi connectivity index (χ1n) is 5.30. The third-order valence-electron chi connectivity index (χ3n) is 3.01. The Morgan fingerprint density at radius 2 is 1.86 bits per heavy atom. The van der Waals surface area contributed by atoms with Gasteiger partial charge in [-0.2, -0.15) is 0 Å². The standard InChI is InChI=1S/C11H19NO2/c1-8(2)12(3)11(14)9-4-6-10(13)7-5-9/h8-9H,4-7H2,1-3H3. The van der Waals surface area contributed by atoms with E-state index in [1.807, 2.05) is 20.9 Å². The van der Waals surface area contributed by atoms with Gasteiger partial charge in [-0.1, -0.05) is 0 Å². The van der Waals surface area contributed by atoms with Gasteiger partial charge in [0.15, 0.2) is 0 Å². The molecule has 0 heterocycles. The maximum absolute atomic E-state index is 11.9. The van der Waals surface area contributed by atoms with Gasteiger partial charge in [-0.15, -0.1) is 0 Å². The lowest BCUT2D eigenvalue weighted by molar-refractivity contribution is -0.137. The van der Waals surface area contributed by atoms with Crippen molar-refractivity contribution in [2.24, 2.45) is 5.92 Å². The van der Waals surface area contributed by atoms with Crippen LogP contribution in [0.25, 0.3) is 0 Å². The van der Waals surface area contributed by atoms with Crippen molar-refractivity contribution >= 4 is 11.7 Å². The molecule has 1 amide bonds. The molecule has 0 saturated heterocycles. The number of Topliss-reactive ketones (excluding diaryl/α,β-unsaturated/α-hetero) is 1. The van der Waals surface area contributed by atoms with Crippen LogP contribution in [0.5, 0.6) is 0 Å². The molecule has 0 atom stereocenters. The summed E-state index contributed by atoms with van der Waals surface area (Å²) in [6.45, 7) is 4.01. The van der Waals surface area contributed by atoms with E-state index in [-0.39, 0.29) is 17.9 Å². The average molecular weight is 197 g/mol. The summed E-state index contributed by atoms with van der Waals surface area (Å²) < 4.78 is 0. The number of nitrogens with zero attached hydrogens (tertiary/aromatic N) is 1. The third-order valence-corrected chi connectivity index (χ3v) is 3.01. The first-order valence-corrected chi connectivity index (χ1v) is 5.30. The van der Waals surface area contributed by atoms with Crippen molar-refractivity contribution in [2.75, 3.05) is 7.05 Å². The van der Waals surface area contributed by atoms with Gasteiger partial charge in [-0.3, -0.25) is 9.59 Å². The Morgan fingerprint density at radius 1 is 1.36 bits per heavy atom. The fourth-order valence-electron chi connectivity index (χ4n) is 1.73. The van der Waals surface area contributed by atoms with Crippen molar-refractivity contribution < 1.29 is 9.59 Å². The van der Waals surface area contributed by atoms with Crippen molar-refractivity contribution in [1.82, 2.24) is 4.90 Å². The van der Waals surface area contributed by atoms with Gasteiger partial charge in [0.25, 0.3) is 0 Å². The molecule has 0 aromatic carbocycles. The number of hydrogen-bond acceptors (Lipinski definition) is 2. The van der Waals surface area contributed by atoms with E-state index in [4.69, 9.17) is 0 Å². The average Bonchev–Trinajstić information content (AvgIpc) is 2.16. The van der Waals surface area contributed by atoms with Gasteiger partial charge >= 0.3 is 0 Å². The van der Waals surface area contributed by atoms with Crippen LogP contribution in [0, 0.1) is 5.92 Å². The molecule has 0 aromatic rings. The molecule has 0 aliphatic heterocycles. The molecular weight excluding hydrogens is 178 g/mol. The van der Waals surface area contributed by atoms with Crippen LogP contribution in [0.4, 0.5) is 0 Å². The number of carbonyl (C=O) groups is 2. The van der Waals surface area contributed by atoms with Gasteiger partial charge in [0.2, 0.25) is 5.91 Å². The van der Waals surface area contributed by atoms with E-state index in [0.717, 1.165) is 12.8 Å². The third kappa shape index (κ3) is 2.56. The maximum Gasteiger partial charge on any atom is 0.225 e. The fourth-order valence-corrected chi connectivity index (χ4v) is 1.73. The van der Waals surface area contributed by atoms with Crippen molar-refractivity contribution in [3.8, 4) is 0 Å². The summed E-state index contributed by atoms with van der Waals surface area (Å²) in [5, 5.41) is 0. The molecule has 14 heavy (non-hydrogen) atoms. The van der Waals surface area contributed by atoms with Gasteiger partial charge in [-0.05, 0) is 26.7 Å². The van der Waals surface area contributed by atoms with Crippen LogP contribution in [-0.4, -0.2) is 29.7 Å². The summed E-state index contributed by atoms with van der Waals surface area (Å²) in [5.41, 5.74) is 0. The maximum atomic E-state index is 11.9. The van der Waals surface area contributed by atoms with Gasteiger partial charge in [-0.25, -0.2) is 0 Å². The molecule has 0 bridgehead atoms. The second kappa shape index (κ2) is 4.58. The first-order chi connectivity index (χ1) is 6.52. The van der Waals surface area contributed by atoms with Gasteiger partial charge in [0.1, 0.15) is 5.78 Å². The van der Waals surface area contributed by atoms with Crippen molar-refractivity contribution in [3.63, 3.8) is 0 Å². The molecule has 1 aliphatic carbocycles. The number of ketones is 1. The fraction of sp³-hybridized carbons (Fsp3) is 0.818. The molecule has 0 aromatic heterocycles. The zero-order chi connectivity index (χ0) is 10.7. The monoisotopic (exact) mass is 197 g/mol. The SMILES string of the molecule is CC(C)N(C)C(=O)C1CCC(=O)CC1. The highest BCUT2D eigenvalue weighted by molar-refractivity contribution is 5.84. The normalized spacial score (nSPS) is 18.7. The summed E-state index contributed by atoms with van der Waals surface area (Å²) in [6, 6.07) is 0.250. The summed E-state index contributed by atoms with van der Waals surface area (Å²) in [6.07, 6.45) is 2.66. The summed E-state index contributed by atoms with van der Waals surface area (Å²) in [5.74, 6) is 0.592. The highest BCUT2D eigenvalue weighted by atomic mass is 16.2. The van der Waals surface area contributed by atoms with Crippen LogP contribution in [0.3, 0.4) is 0 Å². The zero-order valence-corrected chi connectivity index (χ0v) is 9.25. The lowest BCUT2D eigenvalue weighted by atomic mass is 9.87. The van der Waals surface area contributed by atoms with Crippen LogP contribution in [0.15, 0.2) is 0 Å². The predicted octanol–water partition coefficient (Wildman–Crippen LogP) is 1.61. The van der Waals surface area contributed by atoms with E-state index < -0.39 is 0 Å². The molecule has 1 aliphatic rings. The second-order valence-electron chi connectivity index (χ2n) is 4.36. The number of hydrogen-bond donors (Lipinski definition) is 0. The van der Waals surface area contributed by atoms with Gasteiger partial charge in [0, 0.05) is 31.8 Å². The number of carbonyl (C=O) groups excluding carboxylic acids is 2. The Balaban J connectivity index is 2.49. The molecule has 0 radical (unpaired) electrons. The quantitative estimate of drug-likeness (QED) is 0.674. The molecule has 80 valence electrons. The highest BCUT2D eigenvalue weighted by Gasteiger charge is 2.27. The summed E-state index contributed by atoms with van der Waals surface area (Å²) in [7, 11) is 1.84. The van der Waals surface area contributed by atoms with Crippen LogP contribution < -0.4 is 0 Å². The Morgan fingerprint density at radius 3 is 2.29 bits per heavy atom. The Labute approximate surface area is 85.5 Å². The Bertz CT molecular complexity index is 225. The van der Waals surface area contributed by atoms with Crippen LogP contribution >= 0.6 is 0 Å². The van der Waals surface area contributed by atoms with Crippen LogP contribution in [0.2, 0.25) is 0 Å². The Kier molecular flexibility index (Phi) is 3.67. The number of rotatable bonds is 2. The minimum atomic E-state index is 0.0834. The minimum Gasteiger partial charge on any atom is -0.343 e.